The Morgan fingerprint density at radius 1 is 1.26 bits per heavy atom. The molecule has 0 fully saturated rings. The van der Waals surface area contributed by atoms with Crippen molar-refractivity contribution in [3.63, 3.8) is 0 Å². The van der Waals surface area contributed by atoms with Gasteiger partial charge in [0.25, 0.3) is 11.5 Å². The Balaban J connectivity index is 2.11. The Kier molecular flexibility index (Phi) is 9.09. The zero-order valence-corrected chi connectivity index (χ0v) is 20.3. The van der Waals surface area contributed by atoms with Gasteiger partial charge in [-0.25, -0.2) is 4.68 Å². The summed E-state index contributed by atoms with van der Waals surface area (Å²) in [4.78, 5) is 26.6. The number of nitrogens with zero attached hydrogens (tertiary/aromatic N) is 2. The fourth-order valence-corrected chi connectivity index (χ4v) is 4.43. The van der Waals surface area contributed by atoms with E-state index in [1.165, 1.54) is 0 Å². The number of methoxy groups -OCH3 is 1. The third-order valence-corrected chi connectivity index (χ3v) is 6.16. The van der Waals surface area contributed by atoms with Crippen LogP contribution in [0.4, 0.5) is 0 Å². The van der Waals surface area contributed by atoms with Crippen LogP contribution in [0.25, 0.3) is 5.69 Å². The van der Waals surface area contributed by atoms with E-state index in [1.54, 1.807) is 17.9 Å². The minimum Gasteiger partial charge on any atom is -0.459 e. The molecule has 0 bridgehead atoms. The van der Waals surface area contributed by atoms with Gasteiger partial charge in [0.2, 0.25) is 6.29 Å². The van der Waals surface area contributed by atoms with Crippen LogP contribution in [0.1, 0.15) is 36.9 Å². The van der Waals surface area contributed by atoms with Crippen LogP contribution in [0, 0.1) is 12.8 Å². The topological polar surface area (TPSA) is 104 Å². The first kappa shape index (κ1) is 25.7. The lowest BCUT2D eigenvalue weighted by Gasteiger charge is -2.36. The first-order chi connectivity index (χ1) is 16.4. The van der Waals surface area contributed by atoms with Gasteiger partial charge < -0.3 is 24.6 Å². The predicted octanol–water partition coefficient (Wildman–Crippen LogP) is 2.00. The summed E-state index contributed by atoms with van der Waals surface area (Å²) in [5, 5.41) is 12.3. The first-order valence-electron chi connectivity index (χ1n) is 11.7. The molecule has 1 aliphatic rings. The number of ether oxygens (including phenoxy) is 3. The fourth-order valence-electron chi connectivity index (χ4n) is 4.43. The second-order valence-electron chi connectivity index (χ2n) is 8.25. The average molecular weight is 474 g/mol. The number of para-hydroxylation sites is 1. The van der Waals surface area contributed by atoms with Gasteiger partial charge in [0.15, 0.2) is 5.76 Å². The van der Waals surface area contributed by atoms with Crippen LogP contribution >= 0.6 is 0 Å². The number of amides is 1. The largest absolute Gasteiger partial charge is 0.459 e. The fraction of sp³-hybridized carbons (Fsp3) is 0.520. The predicted molar refractivity (Wildman–Crippen MR) is 128 cm³/mol. The second-order valence-corrected chi connectivity index (χ2v) is 8.25. The molecule has 3 rings (SSSR count). The molecule has 2 aromatic rings. The van der Waals surface area contributed by atoms with E-state index in [0.717, 1.165) is 11.4 Å². The number of allylic oxidation sites excluding steroid dienone is 1. The maximum Gasteiger partial charge on any atom is 0.286 e. The summed E-state index contributed by atoms with van der Waals surface area (Å²) in [6.45, 7) is 4.85. The maximum atomic E-state index is 13.7. The van der Waals surface area contributed by atoms with Crippen molar-refractivity contribution in [1.29, 1.82) is 0 Å². The van der Waals surface area contributed by atoms with E-state index in [4.69, 9.17) is 14.2 Å². The van der Waals surface area contributed by atoms with E-state index < -0.39 is 12.2 Å². The SMILES string of the molecule is CCO[C@H]1OC(C(=O)NCCOC)=C[C@@H](c2c(C)n(C)n(-c3ccccc3)c2=O)[C@H]1CCCO. The summed E-state index contributed by atoms with van der Waals surface area (Å²) >= 11 is 0. The molecule has 1 aliphatic heterocycles. The number of nitrogens with one attached hydrogen (secondary N) is 1. The molecule has 34 heavy (non-hydrogen) atoms. The van der Waals surface area contributed by atoms with Crippen molar-refractivity contribution in [2.75, 3.05) is 33.5 Å². The van der Waals surface area contributed by atoms with E-state index in [0.29, 0.717) is 38.2 Å². The Labute approximate surface area is 199 Å². The molecule has 1 aromatic heterocycles. The number of hydrogen-bond donors (Lipinski definition) is 2. The van der Waals surface area contributed by atoms with Crippen LogP contribution in [0.5, 0.6) is 0 Å². The third kappa shape index (κ3) is 5.43. The first-order valence-corrected chi connectivity index (χ1v) is 11.7. The number of aromatic nitrogens is 2. The number of carbonyl (C=O) groups is 1. The smallest absolute Gasteiger partial charge is 0.286 e. The van der Waals surface area contributed by atoms with Gasteiger partial charge in [-0.3, -0.25) is 14.3 Å². The van der Waals surface area contributed by atoms with Gasteiger partial charge in [-0.2, -0.15) is 0 Å². The highest BCUT2D eigenvalue weighted by Crippen LogP contribution is 2.39. The highest BCUT2D eigenvalue weighted by Gasteiger charge is 2.40. The lowest BCUT2D eigenvalue weighted by atomic mass is 9.80. The van der Waals surface area contributed by atoms with Crippen molar-refractivity contribution in [2.24, 2.45) is 13.0 Å². The Morgan fingerprint density at radius 2 is 2.00 bits per heavy atom. The normalized spacial score (nSPS) is 20.0. The van der Waals surface area contributed by atoms with Crippen molar-refractivity contribution in [2.45, 2.75) is 38.9 Å². The van der Waals surface area contributed by atoms with Crippen molar-refractivity contribution in [3.05, 3.63) is 63.8 Å². The van der Waals surface area contributed by atoms with E-state index in [-0.39, 0.29) is 29.8 Å². The molecular weight excluding hydrogens is 438 g/mol. The van der Waals surface area contributed by atoms with E-state index in [9.17, 15) is 14.7 Å². The van der Waals surface area contributed by atoms with Crippen LogP contribution in [0.2, 0.25) is 0 Å². The molecule has 0 aliphatic carbocycles. The quantitative estimate of drug-likeness (QED) is 0.484. The lowest BCUT2D eigenvalue weighted by molar-refractivity contribution is -0.166. The summed E-state index contributed by atoms with van der Waals surface area (Å²) in [5.74, 6) is -0.942. The van der Waals surface area contributed by atoms with Gasteiger partial charge in [0.1, 0.15) is 0 Å². The van der Waals surface area contributed by atoms with Crippen LogP contribution in [-0.2, 0) is 26.1 Å². The van der Waals surface area contributed by atoms with Gasteiger partial charge in [0.05, 0.1) is 12.3 Å². The number of benzene rings is 1. The molecule has 0 saturated carbocycles. The molecule has 0 spiro atoms. The molecule has 0 saturated heterocycles. The molecule has 186 valence electrons. The third-order valence-electron chi connectivity index (χ3n) is 6.16. The molecule has 1 amide bonds. The molecular formula is C25H35N3O6. The summed E-state index contributed by atoms with van der Waals surface area (Å²) < 4.78 is 20.3. The molecule has 2 heterocycles. The molecule has 2 N–H and O–H groups in total. The van der Waals surface area contributed by atoms with Gasteiger partial charge in [-0.05, 0) is 44.9 Å². The maximum absolute atomic E-state index is 13.7. The Hall–Kier alpha value is -2.88. The summed E-state index contributed by atoms with van der Waals surface area (Å²) in [5.41, 5.74) is 1.98. The molecule has 0 unspecified atom stereocenters. The summed E-state index contributed by atoms with van der Waals surface area (Å²) in [7, 11) is 3.41. The van der Waals surface area contributed by atoms with Gasteiger partial charge >= 0.3 is 0 Å². The molecule has 1 aromatic carbocycles. The molecule has 0 radical (unpaired) electrons. The van der Waals surface area contributed by atoms with Crippen LogP contribution in [0.3, 0.4) is 0 Å². The highest BCUT2D eigenvalue weighted by molar-refractivity contribution is 5.91. The van der Waals surface area contributed by atoms with Gasteiger partial charge in [-0.1, -0.05) is 18.2 Å². The summed E-state index contributed by atoms with van der Waals surface area (Å²) in [6, 6.07) is 9.43. The van der Waals surface area contributed by atoms with Gasteiger partial charge in [0, 0.05) is 57.0 Å². The minimum absolute atomic E-state index is 0.0121. The Morgan fingerprint density at radius 3 is 2.65 bits per heavy atom. The number of hydrogen-bond acceptors (Lipinski definition) is 6. The molecule has 9 heteroatoms. The van der Waals surface area contributed by atoms with Crippen molar-refractivity contribution >= 4 is 5.91 Å². The minimum atomic E-state index is -0.723. The monoisotopic (exact) mass is 473 g/mol. The number of aliphatic hydroxyl groups is 1. The van der Waals surface area contributed by atoms with Crippen LogP contribution in [-0.4, -0.2) is 60.1 Å². The summed E-state index contributed by atoms with van der Waals surface area (Å²) in [6.07, 6.45) is 2.09. The zero-order chi connectivity index (χ0) is 24.7. The lowest BCUT2D eigenvalue weighted by Crippen LogP contribution is -2.40. The number of rotatable bonds is 11. The molecule has 3 atom stereocenters. The van der Waals surface area contributed by atoms with Crippen LogP contribution < -0.4 is 10.9 Å². The van der Waals surface area contributed by atoms with Crippen molar-refractivity contribution in [1.82, 2.24) is 14.7 Å². The standard InChI is InChI=1S/C25H35N3O6/c1-5-33-25-19(12-9-14-29)20(16-21(34-25)23(30)26-13-15-32-4)22-17(2)27(3)28(24(22)31)18-10-7-6-8-11-18/h6-8,10-11,16,19-20,25,29H,5,9,12-15H2,1-4H3,(H,26,30)/t19-,20-,25+/m1/s1. The Bertz CT molecular complexity index is 1040. The second kappa shape index (κ2) is 12.0. The highest BCUT2D eigenvalue weighted by atomic mass is 16.7. The molecule has 9 nitrogen and oxygen atoms in total. The van der Waals surface area contributed by atoms with E-state index in [2.05, 4.69) is 5.32 Å². The average Bonchev–Trinajstić information content (AvgIpc) is 3.06. The van der Waals surface area contributed by atoms with Gasteiger partial charge in [-0.15, -0.1) is 0 Å². The van der Waals surface area contributed by atoms with Crippen molar-refractivity contribution < 1.29 is 24.1 Å². The van der Waals surface area contributed by atoms with E-state index >= 15 is 0 Å². The number of aliphatic hydroxyl groups excluding tert-OH is 1. The zero-order valence-electron chi connectivity index (χ0n) is 20.3. The van der Waals surface area contributed by atoms with Crippen LogP contribution in [0.15, 0.2) is 47.0 Å². The van der Waals surface area contributed by atoms with Crippen molar-refractivity contribution in [3.8, 4) is 5.69 Å². The van der Waals surface area contributed by atoms with E-state index in [1.807, 2.05) is 55.9 Å². The number of carbonyl (C=O) groups excluding carboxylic acids is 1.